The topological polar surface area (TPSA) is 99.7 Å². The molecule has 0 aliphatic rings. The van der Waals surface area contributed by atoms with Crippen LogP contribution < -0.4 is 4.74 Å². The van der Waals surface area contributed by atoms with Gasteiger partial charge in [-0.3, -0.25) is 19.1 Å². The number of benzene rings is 8. The van der Waals surface area contributed by atoms with Crippen molar-refractivity contribution in [2.45, 2.75) is 14.9 Å². The Morgan fingerprint density at radius 1 is 0.318 bits per heavy atom. The fourth-order valence-electron chi connectivity index (χ4n) is 12.3. The Hall–Kier alpha value is -10.9. The molecule has 0 unspecified atom stereocenters. The van der Waals surface area contributed by atoms with E-state index < -0.39 is 0 Å². The fraction of sp³-hybridized carbons (Fsp3) is 0.0270. The van der Waals surface area contributed by atoms with Gasteiger partial charge in [0.2, 0.25) is 0 Å². The zero-order valence-electron chi connectivity index (χ0n) is 44.2. The molecular weight excluding hydrogens is 1110 g/mol. The second-order valence-electron chi connectivity index (χ2n) is 20.6. The number of pyridine rings is 6. The standard InChI is InChI=1S/C36H22N4O.C19H12N2O.C17H11BrN2.2CH4/c1-3-13-31-23(8-1)20-34-28-17-16-26(22-30(28)35-33(40(31)34)15-7-18-37-35)41-25-10-5-9-24(21-25)39-32-14-4-2-11-27(32)29-12-6-19-38-36(29)39;22-13-7-8-14-15(11-13)19-17(6-3-9-20-19)21-16-5-2-1-4-12(16)10-18(14)21;18-12-5-3-6-13(11-12)20-16-9-2-1-7-14(16)15-8-4-10-19-17(15)20;;/h1-22H;1-11,22H;1-11H;2*1H4. The molecule has 0 radical (unpaired) electrons. The third-order valence-corrected chi connectivity index (χ3v) is 16.3. The number of halogens is 1. The van der Waals surface area contributed by atoms with E-state index in [1.54, 1.807) is 18.3 Å². The third kappa shape index (κ3) is 8.62. The number of rotatable bonds is 4. The summed E-state index contributed by atoms with van der Waals surface area (Å²) in [4.78, 5) is 18.7. The molecule has 18 aromatic rings. The van der Waals surface area contributed by atoms with Gasteiger partial charge in [-0.15, -0.1) is 0 Å². The summed E-state index contributed by atoms with van der Waals surface area (Å²) in [5.74, 6) is 1.79. The number of phenolic OH excluding ortho intramolecular Hbond substituents is 1. The van der Waals surface area contributed by atoms with Crippen LogP contribution in [0.3, 0.4) is 0 Å². The van der Waals surface area contributed by atoms with Gasteiger partial charge in [0.05, 0.1) is 60.9 Å². The van der Waals surface area contributed by atoms with E-state index >= 15 is 0 Å². The first-order chi connectivity index (χ1) is 41.0. The molecule has 0 aliphatic heterocycles. The predicted octanol–water partition coefficient (Wildman–Crippen LogP) is 19.8. The molecule has 11 heteroatoms. The second kappa shape index (κ2) is 21.1. The van der Waals surface area contributed by atoms with E-state index in [4.69, 9.17) is 14.7 Å². The Kier molecular flexibility index (Phi) is 13.0. The fourth-order valence-corrected chi connectivity index (χ4v) is 12.7. The Labute approximate surface area is 496 Å². The van der Waals surface area contributed by atoms with E-state index in [1.807, 2.05) is 79.3 Å². The summed E-state index contributed by atoms with van der Waals surface area (Å²) >= 11 is 3.54. The first-order valence-corrected chi connectivity index (χ1v) is 28.1. The van der Waals surface area contributed by atoms with Gasteiger partial charge in [-0.1, -0.05) is 116 Å². The largest absolute Gasteiger partial charge is 0.508 e. The number of fused-ring (bicyclic) bond motifs is 22. The van der Waals surface area contributed by atoms with E-state index in [0.29, 0.717) is 0 Å². The molecular formula is C74H53BrN8O2. The quantitative estimate of drug-likeness (QED) is 0.176. The Morgan fingerprint density at radius 2 is 0.753 bits per heavy atom. The first-order valence-electron chi connectivity index (χ1n) is 27.3. The van der Waals surface area contributed by atoms with Gasteiger partial charge in [0.15, 0.2) is 0 Å². The van der Waals surface area contributed by atoms with Crippen molar-refractivity contribution in [3.05, 3.63) is 272 Å². The zero-order valence-corrected chi connectivity index (χ0v) is 45.8. The molecule has 0 amide bonds. The van der Waals surface area contributed by atoms with E-state index in [1.165, 1.54) is 43.5 Å². The molecule has 0 bridgehead atoms. The number of phenols is 1. The molecule has 10 nitrogen and oxygen atoms in total. The number of hydrogen-bond acceptors (Lipinski definition) is 6. The normalized spacial score (nSPS) is 11.4. The van der Waals surface area contributed by atoms with Gasteiger partial charge in [0.1, 0.15) is 28.5 Å². The van der Waals surface area contributed by atoms with Gasteiger partial charge in [-0.2, -0.15) is 0 Å². The van der Waals surface area contributed by atoms with Crippen molar-refractivity contribution >= 4 is 136 Å². The third-order valence-electron chi connectivity index (χ3n) is 15.8. The van der Waals surface area contributed by atoms with E-state index in [0.717, 1.165) is 104 Å². The highest BCUT2D eigenvalue weighted by molar-refractivity contribution is 9.10. The maximum Gasteiger partial charge on any atom is 0.145 e. The maximum atomic E-state index is 9.87. The van der Waals surface area contributed by atoms with Crippen molar-refractivity contribution < 1.29 is 9.84 Å². The second-order valence-corrected chi connectivity index (χ2v) is 21.5. The first kappa shape index (κ1) is 52.2. The summed E-state index contributed by atoms with van der Waals surface area (Å²) in [5, 5.41) is 21.3. The Balaban J connectivity index is 0.000000123. The van der Waals surface area contributed by atoms with Crippen LogP contribution in [0.5, 0.6) is 17.2 Å². The van der Waals surface area contributed by atoms with E-state index in [2.05, 4.69) is 214 Å². The van der Waals surface area contributed by atoms with E-state index in [9.17, 15) is 5.11 Å². The predicted molar refractivity (Wildman–Crippen MR) is 355 cm³/mol. The molecule has 0 spiro atoms. The minimum absolute atomic E-state index is 0. The number of para-hydroxylation sites is 4. The van der Waals surface area contributed by atoms with Crippen molar-refractivity contribution in [2.24, 2.45) is 0 Å². The molecule has 0 saturated heterocycles. The van der Waals surface area contributed by atoms with Crippen molar-refractivity contribution in [2.75, 3.05) is 0 Å². The van der Waals surface area contributed by atoms with Crippen molar-refractivity contribution in [1.82, 2.24) is 37.9 Å². The molecule has 0 atom stereocenters. The highest BCUT2D eigenvalue weighted by Gasteiger charge is 2.18. The lowest BCUT2D eigenvalue weighted by Crippen LogP contribution is -1.96. The van der Waals surface area contributed by atoms with Crippen molar-refractivity contribution in [3.8, 4) is 28.6 Å². The summed E-state index contributed by atoms with van der Waals surface area (Å²) in [6.07, 6.45) is 7.34. The summed E-state index contributed by atoms with van der Waals surface area (Å²) in [5.41, 5.74) is 15.0. The van der Waals surface area contributed by atoms with Gasteiger partial charge in [-0.25, -0.2) is 9.97 Å². The number of ether oxygens (including phenoxy) is 1. The highest BCUT2D eigenvalue weighted by Crippen LogP contribution is 2.39. The van der Waals surface area contributed by atoms with Crippen LogP contribution in [-0.4, -0.2) is 43.0 Å². The van der Waals surface area contributed by atoms with Crippen molar-refractivity contribution in [1.29, 1.82) is 0 Å². The number of aromatic nitrogens is 8. The van der Waals surface area contributed by atoms with Gasteiger partial charge in [-0.05, 0) is 152 Å². The van der Waals surface area contributed by atoms with Crippen LogP contribution in [0.1, 0.15) is 14.9 Å². The van der Waals surface area contributed by atoms with Gasteiger partial charge < -0.3 is 18.6 Å². The summed E-state index contributed by atoms with van der Waals surface area (Å²) < 4.78 is 16.5. The van der Waals surface area contributed by atoms with Gasteiger partial charge >= 0.3 is 0 Å². The SMILES string of the molecule is Brc1cccc(-n2c3ccccc3c3cccnc32)c1.C.C.Oc1ccc2c(c1)c1ncccc1n1c3ccccc3cc21.c1cc(Oc2ccc3c(c2)c2ncccc2n2c4ccccc4cc32)cc(-n2c3ccccc3c3cccnc32)c1. The summed E-state index contributed by atoms with van der Waals surface area (Å²) in [6, 6.07) is 82.8. The molecule has 0 saturated carbocycles. The molecule has 85 heavy (non-hydrogen) atoms. The van der Waals surface area contributed by atoms with Crippen LogP contribution in [0.25, 0.3) is 132 Å². The van der Waals surface area contributed by atoms with E-state index in [-0.39, 0.29) is 20.6 Å². The zero-order chi connectivity index (χ0) is 55.1. The molecule has 10 heterocycles. The molecule has 10 aromatic heterocycles. The van der Waals surface area contributed by atoms with Crippen molar-refractivity contribution in [3.63, 3.8) is 0 Å². The lowest BCUT2D eigenvalue weighted by atomic mass is 10.1. The highest BCUT2D eigenvalue weighted by atomic mass is 79.9. The summed E-state index contributed by atoms with van der Waals surface area (Å²) in [6.45, 7) is 0. The average Bonchev–Trinajstić information content (AvgIpc) is 2.21. The Bertz CT molecular complexity index is 5520. The molecule has 408 valence electrons. The minimum Gasteiger partial charge on any atom is -0.508 e. The average molecular weight is 1170 g/mol. The van der Waals surface area contributed by atoms with Crippen LogP contribution in [0.15, 0.2) is 272 Å². The molecule has 1 N–H and O–H groups in total. The lowest BCUT2D eigenvalue weighted by molar-refractivity contribution is 0.476. The smallest absolute Gasteiger partial charge is 0.145 e. The summed E-state index contributed by atoms with van der Waals surface area (Å²) in [7, 11) is 0. The number of nitrogens with zero attached hydrogens (tertiary/aromatic N) is 8. The van der Waals surface area contributed by atoms with Crippen LogP contribution in [0, 0.1) is 0 Å². The van der Waals surface area contributed by atoms with Gasteiger partial charge in [0.25, 0.3) is 0 Å². The van der Waals surface area contributed by atoms with Gasteiger partial charge in [0, 0.05) is 94.9 Å². The van der Waals surface area contributed by atoms with Crippen LogP contribution in [0.4, 0.5) is 0 Å². The molecule has 0 aliphatic carbocycles. The maximum absolute atomic E-state index is 9.87. The van der Waals surface area contributed by atoms with Crippen LogP contribution in [0.2, 0.25) is 0 Å². The molecule has 0 fully saturated rings. The minimum atomic E-state index is 0. The lowest BCUT2D eigenvalue weighted by Gasteiger charge is -2.13. The van der Waals surface area contributed by atoms with Crippen LogP contribution in [-0.2, 0) is 0 Å². The Morgan fingerprint density at radius 3 is 1.33 bits per heavy atom. The number of hydrogen-bond donors (Lipinski definition) is 1. The van der Waals surface area contributed by atoms with Crippen LogP contribution >= 0.6 is 15.9 Å². The molecule has 18 rings (SSSR count). The number of aromatic hydroxyl groups is 1. The monoisotopic (exact) mass is 1160 g/mol. The molecule has 8 aromatic carbocycles.